The van der Waals surface area contributed by atoms with E-state index in [2.05, 4.69) is 37.6 Å². The first-order chi connectivity index (χ1) is 13.7. The summed E-state index contributed by atoms with van der Waals surface area (Å²) in [6.07, 6.45) is 7.39. The Morgan fingerprint density at radius 3 is 2.71 bits per heavy atom. The zero-order valence-corrected chi connectivity index (χ0v) is 17.2. The van der Waals surface area contributed by atoms with Crippen LogP contribution in [-0.4, -0.2) is 56.6 Å². The zero-order valence-electron chi connectivity index (χ0n) is 17.2. The van der Waals surface area contributed by atoms with E-state index in [1.807, 2.05) is 37.3 Å². The van der Waals surface area contributed by atoms with E-state index < -0.39 is 0 Å². The van der Waals surface area contributed by atoms with E-state index >= 15 is 0 Å². The summed E-state index contributed by atoms with van der Waals surface area (Å²) in [5, 5.41) is 6.88. The van der Waals surface area contributed by atoms with Crippen molar-refractivity contribution in [2.45, 2.75) is 31.8 Å². The van der Waals surface area contributed by atoms with Gasteiger partial charge in [-0.2, -0.15) is 0 Å². The van der Waals surface area contributed by atoms with E-state index in [0.717, 1.165) is 42.7 Å². The van der Waals surface area contributed by atoms with Crippen LogP contribution in [0.25, 0.3) is 0 Å². The number of aliphatic imine (C=N–C) groups is 1. The lowest BCUT2D eigenvalue weighted by Crippen LogP contribution is -2.44. The molecule has 0 spiro atoms. The number of piperidine rings is 1. The van der Waals surface area contributed by atoms with Crippen LogP contribution in [0.4, 0.5) is 5.82 Å². The largest absolute Gasteiger partial charge is 0.468 e. The van der Waals surface area contributed by atoms with Crippen molar-refractivity contribution in [2.75, 3.05) is 45.7 Å². The van der Waals surface area contributed by atoms with Crippen molar-refractivity contribution in [1.82, 2.24) is 20.5 Å². The van der Waals surface area contributed by atoms with Gasteiger partial charge in [0.2, 0.25) is 0 Å². The van der Waals surface area contributed by atoms with E-state index in [9.17, 15) is 0 Å². The molecule has 28 heavy (non-hydrogen) atoms. The highest BCUT2D eigenvalue weighted by Crippen LogP contribution is 2.24. The Labute approximate surface area is 167 Å². The predicted octanol–water partition coefficient (Wildman–Crippen LogP) is 2.63. The number of furan rings is 1. The SMILES string of the molecule is CN=C(NCc1cccnc1N(C)C)NCC(c1ccco1)N1CCCCC1. The number of aromatic nitrogens is 1. The molecule has 0 saturated carbocycles. The molecule has 1 atom stereocenters. The summed E-state index contributed by atoms with van der Waals surface area (Å²) in [5.41, 5.74) is 1.13. The lowest BCUT2D eigenvalue weighted by atomic mass is 10.1. The van der Waals surface area contributed by atoms with Gasteiger partial charge in [0.25, 0.3) is 0 Å². The molecule has 1 aliphatic heterocycles. The molecule has 0 aliphatic carbocycles. The third-order valence-electron chi connectivity index (χ3n) is 5.13. The average molecular weight is 385 g/mol. The molecule has 1 aliphatic rings. The molecule has 7 heteroatoms. The van der Waals surface area contributed by atoms with Crippen molar-refractivity contribution < 1.29 is 4.42 Å². The maximum absolute atomic E-state index is 5.73. The number of hydrogen-bond acceptors (Lipinski definition) is 5. The number of likely N-dealkylation sites (tertiary alicyclic amines) is 1. The number of nitrogens with zero attached hydrogens (tertiary/aromatic N) is 4. The number of rotatable bonds is 7. The first kappa shape index (κ1) is 20.2. The minimum absolute atomic E-state index is 0.213. The molecule has 2 aromatic rings. The molecule has 2 N–H and O–H groups in total. The van der Waals surface area contributed by atoms with E-state index in [0.29, 0.717) is 6.54 Å². The molecule has 152 valence electrons. The summed E-state index contributed by atoms with van der Waals surface area (Å²) in [6, 6.07) is 8.29. The van der Waals surface area contributed by atoms with Crippen LogP contribution in [0, 0.1) is 0 Å². The van der Waals surface area contributed by atoms with Crippen LogP contribution in [0.1, 0.15) is 36.6 Å². The van der Waals surface area contributed by atoms with Crippen LogP contribution in [0.3, 0.4) is 0 Å². The smallest absolute Gasteiger partial charge is 0.191 e. The predicted molar refractivity (Wildman–Crippen MR) is 114 cm³/mol. The van der Waals surface area contributed by atoms with Gasteiger partial charge in [-0.05, 0) is 44.1 Å². The Kier molecular flexibility index (Phi) is 7.31. The highest BCUT2D eigenvalue weighted by Gasteiger charge is 2.24. The summed E-state index contributed by atoms with van der Waals surface area (Å²) in [7, 11) is 5.81. The Morgan fingerprint density at radius 1 is 1.21 bits per heavy atom. The Hall–Kier alpha value is -2.54. The molecule has 0 aromatic carbocycles. The standard InChI is InChI=1S/C21H32N6O/c1-22-21(24-15-17-9-7-11-23-20(17)26(2)3)25-16-18(19-10-8-14-28-19)27-12-5-4-6-13-27/h7-11,14,18H,4-6,12-13,15-16H2,1-3H3,(H2,22,24,25). The molecule has 1 unspecified atom stereocenters. The molecule has 1 fully saturated rings. The maximum Gasteiger partial charge on any atom is 0.191 e. The first-order valence-electron chi connectivity index (χ1n) is 10.0. The van der Waals surface area contributed by atoms with Gasteiger partial charge in [0.05, 0.1) is 12.3 Å². The van der Waals surface area contributed by atoms with Crippen LogP contribution < -0.4 is 15.5 Å². The number of hydrogen-bond donors (Lipinski definition) is 2. The van der Waals surface area contributed by atoms with E-state index in [4.69, 9.17) is 4.42 Å². The monoisotopic (exact) mass is 384 g/mol. The van der Waals surface area contributed by atoms with Crippen LogP contribution in [0.2, 0.25) is 0 Å². The fourth-order valence-electron chi connectivity index (χ4n) is 3.68. The molecule has 1 saturated heterocycles. The van der Waals surface area contributed by atoms with Crippen molar-refractivity contribution in [2.24, 2.45) is 4.99 Å². The third kappa shape index (κ3) is 5.25. The van der Waals surface area contributed by atoms with Gasteiger partial charge in [-0.3, -0.25) is 9.89 Å². The van der Waals surface area contributed by atoms with Gasteiger partial charge >= 0.3 is 0 Å². The highest BCUT2D eigenvalue weighted by molar-refractivity contribution is 5.79. The van der Waals surface area contributed by atoms with Gasteiger partial charge in [0.15, 0.2) is 5.96 Å². The number of nitrogens with one attached hydrogen (secondary N) is 2. The average Bonchev–Trinajstić information content (AvgIpc) is 3.26. The van der Waals surface area contributed by atoms with Gasteiger partial charge in [0, 0.05) is 46.0 Å². The molecule has 2 aromatic heterocycles. The van der Waals surface area contributed by atoms with Crippen molar-refractivity contribution >= 4 is 11.8 Å². The van der Waals surface area contributed by atoms with E-state index in [1.165, 1.54) is 19.3 Å². The number of anilines is 1. The number of pyridine rings is 1. The van der Waals surface area contributed by atoms with Crippen LogP contribution in [0.15, 0.2) is 46.1 Å². The topological polar surface area (TPSA) is 68.9 Å². The molecular formula is C21H32N6O. The van der Waals surface area contributed by atoms with E-state index in [1.54, 1.807) is 13.3 Å². The maximum atomic E-state index is 5.73. The normalized spacial score (nSPS) is 16.6. The van der Waals surface area contributed by atoms with Crippen LogP contribution in [0.5, 0.6) is 0 Å². The summed E-state index contributed by atoms with van der Waals surface area (Å²) in [4.78, 5) is 13.4. The Balaban J connectivity index is 1.60. The van der Waals surface area contributed by atoms with Gasteiger partial charge in [-0.1, -0.05) is 12.5 Å². The molecule has 0 bridgehead atoms. The number of guanidine groups is 1. The van der Waals surface area contributed by atoms with Gasteiger partial charge in [-0.25, -0.2) is 4.98 Å². The summed E-state index contributed by atoms with van der Waals surface area (Å²) < 4.78 is 5.73. The summed E-state index contributed by atoms with van der Waals surface area (Å²) >= 11 is 0. The lowest BCUT2D eigenvalue weighted by molar-refractivity contribution is 0.146. The van der Waals surface area contributed by atoms with Crippen molar-refractivity contribution in [1.29, 1.82) is 0 Å². The van der Waals surface area contributed by atoms with Crippen molar-refractivity contribution in [3.05, 3.63) is 48.0 Å². The molecule has 3 heterocycles. The van der Waals surface area contributed by atoms with Crippen LogP contribution >= 0.6 is 0 Å². The van der Waals surface area contributed by atoms with E-state index in [-0.39, 0.29) is 6.04 Å². The molecule has 3 rings (SSSR count). The first-order valence-corrected chi connectivity index (χ1v) is 10.0. The Morgan fingerprint density at radius 2 is 2.04 bits per heavy atom. The Bertz CT molecular complexity index is 737. The van der Waals surface area contributed by atoms with Gasteiger partial charge in [0.1, 0.15) is 11.6 Å². The second-order valence-electron chi connectivity index (χ2n) is 7.32. The highest BCUT2D eigenvalue weighted by atomic mass is 16.3. The quantitative estimate of drug-likeness (QED) is 0.565. The lowest BCUT2D eigenvalue weighted by Gasteiger charge is -2.33. The minimum Gasteiger partial charge on any atom is -0.468 e. The fraction of sp³-hybridized carbons (Fsp3) is 0.524. The second kappa shape index (κ2) is 10.1. The summed E-state index contributed by atoms with van der Waals surface area (Å²) in [5.74, 6) is 2.75. The van der Waals surface area contributed by atoms with Crippen molar-refractivity contribution in [3.8, 4) is 0 Å². The van der Waals surface area contributed by atoms with Crippen molar-refractivity contribution in [3.63, 3.8) is 0 Å². The second-order valence-corrected chi connectivity index (χ2v) is 7.32. The zero-order chi connectivity index (χ0) is 19.8. The molecule has 7 nitrogen and oxygen atoms in total. The summed E-state index contributed by atoms with van der Waals surface area (Å²) in [6.45, 7) is 3.64. The molecule has 0 amide bonds. The molecular weight excluding hydrogens is 352 g/mol. The van der Waals surface area contributed by atoms with Gasteiger partial charge < -0.3 is 20.0 Å². The van der Waals surface area contributed by atoms with Gasteiger partial charge in [-0.15, -0.1) is 0 Å². The fourth-order valence-corrected chi connectivity index (χ4v) is 3.68. The minimum atomic E-state index is 0.213. The third-order valence-corrected chi connectivity index (χ3v) is 5.13. The van der Waals surface area contributed by atoms with Crippen LogP contribution in [-0.2, 0) is 6.54 Å². The molecule has 0 radical (unpaired) electrons.